The van der Waals surface area contributed by atoms with Gasteiger partial charge in [0.2, 0.25) is 0 Å². The number of carbonyl (C=O) groups excluding carboxylic acids is 2. The van der Waals surface area contributed by atoms with E-state index in [1.807, 2.05) is 24.0 Å². The molecule has 2 amide bonds. The minimum Gasteiger partial charge on any atom is -0.399 e. The Morgan fingerprint density at radius 2 is 1.71 bits per heavy atom. The number of rotatable bonds is 3. The number of nitrogens with zero attached hydrogens (tertiary/aromatic N) is 1. The molecule has 1 saturated heterocycles. The number of hydrogen-bond donors (Lipinski definition) is 2. The second-order valence-corrected chi connectivity index (χ2v) is 6.07. The van der Waals surface area contributed by atoms with Crippen LogP contribution in [-0.4, -0.2) is 29.8 Å². The Bertz CT molecular complexity index is 763. The minimum absolute atomic E-state index is 0.0155. The molecule has 124 valence electrons. The Morgan fingerprint density at radius 3 is 2.38 bits per heavy atom. The number of nitrogen functional groups attached to an aromatic ring is 1. The zero-order valence-corrected chi connectivity index (χ0v) is 13.7. The summed E-state index contributed by atoms with van der Waals surface area (Å²) in [6, 6.07) is 12.2. The van der Waals surface area contributed by atoms with E-state index in [2.05, 4.69) is 5.32 Å². The summed E-state index contributed by atoms with van der Waals surface area (Å²) in [6.45, 7) is 3.44. The molecule has 0 saturated carbocycles. The fraction of sp³-hybridized carbons (Fsp3) is 0.263. The average Bonchev–Trinajstić information content (AvgIpc) is 3.09. The molecular formula is C19H21N3O2. The number of aryl methyl sites for hydroxylation is 1. The first kappa shape index (κ1) is 16.1. The van der Waals surface area contributed by atoms with E-state index in [1.165, 1.54) is 0 Å². The Balaban J connectivity index is 1.87. The first-order valence-electron chi connectivity index (χ1n) is 8.12. The summed E-state index contributed by atoms with van der Waals surface area (Å²) in [4.78, 5) is 27.1. The van der Waals surface area contributed by atoms with Gasteiger partial charge in [-0.1, -0.05) is 12.1 Å². The van der Waals surface area contributed by atoms with Gasteiger partial charge >= 0.3 is 0 Å². The lowest BCUT2D eigenvalue weighted by Crippen LogP contribution is -2.29. The summed E-state index contributed by atoms with van der Waals surface area (Å²) in [5.41, 5.74) is 8.74. The monoisotopic (exact) mass is 323 g/mol. The largest absolute Gasteiger partial charge is 0.399 e. The average molecular weight is 323 g/mol. The van der Waals surface area contributed by atoms with Crippen LogP contribution in [0.2, 0.25) is 0 Å². The van der Waals surface area contributed by atoms with Crippen LogP contribution in [0, 0.1) is 6.92 Å². The number of hydrogen-bond acceptors (Lipinski definition) is 3. The fourth-order valence-corrected chi connectivity index (χ4v) is 2.96. The van der Waals surface area contributed by atoms with E-state index in [0.29, 0.717) is 22.5 Å². The molecule has 0 bridgehead atoms. The van der Waals surface area contributed by atoms with Gasteiger partial charge in [0.15, 0.2) is 0 Å². The van der Waals surface area contributed by atoms with E-state index >= 15 is 0 Å². The maximum absolute atomic E-state index is 12.8. The van der Waals surface area contributed by atoms with E-state index in [0.717, 1.165) is 31.5 Å². The van der Waals surface area contributed by atoms with Crippen LogP contribution in [0.5, 0.6) is 0 Å². The van der Waals surface area contributed by atoms with E-state index in [1.54, 1.807) is 30.3 Å². The molecule has 2 aromatic carbocycles. The lowest BCUT2D eigenvalue weighted by molar-refractivity contribution is 0.0793. The van der Waals surface area contributed by atoms with Gasteiger partial charge < -0.3 is 16.0 Å². The van der Waals surface area contributed by atoms with E-state index in [4.69, 9.17) is 5.73 Å². The van der Waals surface area contributed by atoms with Gasteiger partial charge in [0.1, 0.15) is 0 Å². The van der Waals surface area contributed by atoms with Crippen molar-refractivity contribution in [3.8, 4) is 0 Å². The van der Waals surface area contributed by atoms with Crippen molar-refractivity contribution >= 4 is 23.2 Å². The summed E-state index contributed by atoms with van der Waals surface area (Å²) in [5, 5.41) is 2.86. The van der Waals surface area contributed by atoms with Crippen molar-refractivity contribution in [3.63, 3.8) is 0 Å². The molecule has 3 N–H and O–H groups in total. The van der Waals surface area contributed by atoms with Crippen molar-refractivity contribution in [2.75, 3.05) is 24.1 Å². The first-order chi connectivity index (χ1) is 11.6. The first-order valence-corrected chi connectivity index (χ1v) is 8.12. The third kappa shape index (κ3) is 3.25. The summed E-state index contributed by atoms with van der Waals surface area (Å²) in [7, 11) is 0. The van der Waals surface area contributed by atoms with Crippen LogP contribution in [-0.2, 0) is 0 Å². The van der Waals surface area contributed by atoms with Gasteiger partial charge in [-0.15, -0.1) is 0 Å². The highest BCUT2D eigenvalue weighted by Crippen LogP contribution is 2.24. The van der Waals surface area contributed by atoms with Gasteiger partial charge in [0.05, 0.1) is 11.3 Å². The number of likely N-dealkylation sites (tertiary alicyclic amines) is 1. The zero-order valence-electron chi connectivity index (χ0n) is 13.7. The molecule has 1 fully saturated rings. The highest BCUT2D eigenvalue weighted by molar-refractivity contribution is 6.09. The van der Waals surface area contributed by atoms with E-state index < -0.39 is 0 Å². The summed E-state index contributed by atoms with van der Waals surface area (Å²) < 4.78 is 0. The molecule has 2 aromatic rings. The van der Waals surface area contributed by atoms with Crippen molar-refractivity contribution in [1.29, 1.82) is 0 Å². The molecule has 1 aliphatic rings. The van der Waals surface area contributed by atoms with Gasteiger partial charge in [-0.05, 0) is 55.7 Å². The SMILES string of the molecule is Cc1cccc(NC(=O)c2ccc(N)cc2)c1C(=O)N1CCCC1. The fourth-order valence-electron chi connectivity index (χ4n) is 2.96. The number of anilines is 2. The molecule has 0 unspecified atom stereocenters. The Kier molecular flexibility index (Phi) is 4.51. The van der Waals surface area contributed by atoms with Crippen molar-refractivity contribution in [2.45, 2.75) is 19.8 Å². The number of nitrogens with two attached hydrogens (primary N) is 1. The van der Waals surface area contributed by atoms with Crippen LogP contribution >= 0.6 is 0 Å². The van der Waals surface area contributed by atoms with Crippen LogP contribution in [0.15, 0.2) is 42.5 Å². The minimum atomic E-state index is -0.254. The molecule has 0 radical (unpaired) electrons. The highest BCUT2D eigenvalue weighted by atomic mass is 16.2. The van der Waals surface area contributed by atoms with Crippen LogP contribution in [0.3, 0.4) is 0 Å². The molecule has 0 atom stereocenters. The predicted molar refractivity (Wildman–Crippen MR) is 95.1 cm³/mol. The number of carbonyl (C=O) groups is 2. The van der Waals surface area contributed by atoms with Crippen LogP contribution in [0.4, 0.5) is 11.4 Å². The smallest absolute Gasteiger partial charge is 0.256 e. The molecule has 0 spiro atoms. The van der Waals surface area contributed by atoms with Gasteiger partial charge in [0, 0.05) is 24.3 Å². The predicted octanol–water partition coefficient (Wildman–Crippen LogP) is 3.07. The van der Waals surface area contributed by atoms with Gasteiger partial charge in [-0.3, -0.25) is 9.59 Å². The molecular weight excluding hydrogens is 302 g/mol. The van der Waals surface area contributed by atoms with Crippen LogP contribution in [0.25, 0.3) is 0 Å². The normalized spacial score (nSPS) is 13.8. The van der Waals surface area contributed by atoms with Gasteiger partial charge in [-0.2, -0.15) is 0 Å². The summed E-state index contributed by atoms with van der Waals surface area (Å²) in [6.07, 6.45) is 2.06. The molecule has 0 aromatic heterocycles. The van der Waals surface area contributed by atoms with Gasteiger partial charge in [-0.25, -0.2) is 0 Å². The maximum Gasteiger partial charge on any atom is 0.256 e. The standard InChI is InChI=1S/C19H21N3O2/c1-13-5-4-6-16(17(13)19(24)22-11-2-3-12-22)21-18(23)14-7-9-15(20)10-8-14/h4-10H,2-3,11-12,20H2,1H3,(H,21,23). The molecule has 1 aliphatic heterocycles. The van der Waals surface area contributed by atoms with E-state index in [-0.39, 0.29) is 11.8 Å². The number of nitrogens with one attached hydrogen (secondary N) is 1. The van der Waals surface area contributed by atoms with Crippen LogP contribution < -0.4 is 11.1 Å². The van der Waals surface area contributed by atoms with Crippen molar-refractivity contribution in [1.82, 2.24) is 4.90 Å². The van der Waals surface area contributed by atoms with E-state index in [9.17, 15) is 9.59 Å². The Morgan fingerprint density at radius 1 is 1.04 bits per heavy atom. The third-order valence-electron chi connectivity index (χ3n) is 4.30. The molecule has 1 heterocycles. The third-order valence-corrected chi connectivity index (χ3v) is 4.30. The lowest BCUT2D eigenvalue weighted by Gasteiger charge is -2.19. The maximum atomic E-state index is 12.8. The second-order valence-electron chi connectivity index (χ2n) is 6.07. The zero-order chi connectivity index (χ0) is 17.1. The molecule has 5 heteroatoms. The number of amides is 2. The topological polar surface area (TPSA) is 75.4 Å². The van der Waals surface area contributed by atoms with Crippen molar-refractivity contribution in [3.05, 3.63) is 59.2 Å². The van der Waals surface area contributed by atoms with Crippen molar-refractivity contribution < 1.29 is 9.59 Å². The van der Waals surface area contributed by atoms with Crippen LogP contribution in [0.1, 0.15) is 39.1 Å². The Hall–Kier alpha value is -2.82. The molecule has 24 heavy (non-hydrogen) atoms. The summed E-state index contributed by atoms with van der Waals surface area (Å²) >= 11 is 0. The molecule has 0 aliphatic carbocycles. The second kappa shape index (κ2) is 6.74. The van der Waals surface area contributed by atoms with Gasteiger partial charge in [0.25, 0.3) is 11.8 Å². The summed E-state index contributed by atoms with van der Waals surface area (Å²) in [5.74, 6) is -0.269. The lowest BCUT2D eigenvalue weighted by atomic mass is 10.0. The Labute approximate surface area is 141 Å². The molecule has 3 rings (SSSR count). The quantitative estimate of drug-likeness (QED) is 0.852. The highest BCUT2D eigenvalue weighted by Gasteiger charge is 2.24. The van der Waals surface area contributed by atoms with Crippen molar-refractivity contribution in [2.24, 2.45) is 0 Å². The number of benzene rings is 2. The molecule has 5 nitrogen and oxygen atoms in total.